The van der Waals surface area contributed by atoms with Gasteiger partial charge in [-0.1, -0.05) is 23.7 Å². The highest BCUT2D eigenvalue weighted by atomic mass is 35.5. The van der Waals surface area contributed by atoms with Gasteiger partial charge >= 0.3 is 0 Å². The summed E-state index contributed by atoms with van der Waals surface area (Å²) in [6, 6.07) is 15.7. The molecule has 0 spiro atoms. The topological polar surface area (TPSA) is 38.9 Å². The van der Waals surface area contributed by atoms with Crippen molar-refractivity contribution < 1.29 is 0 Å². The van der Waals surface area contributed by atoms with E-state index in [9.17, 15) is 0 Å². The molecule has 94 valence electrons. The van der Waals surface area contributed by atoms with Crippen molar-refractivity contribution >= 4 is 28.2 Å². The van der Waals surface area contributed by atoms with Crippen LogP contribution in [0.5, 0.6) is 0 Å². The van der Waals surface area contributed by atoms with E-state index in [-0.39, 0.29) is 0 Å². The van der Waals surface area contributed by atoms with Crippen molar-refractivity contribution in [2.24, 2.45) is 0 Å². The molecule has 0 atom stereocenters. The first kappa shape index (κ1) is 12.0. The van der Waals surface area contributed by atoms with Gasteiger partial charge in [0.1, 0.15) is 0 Å². The van der Waals surface area contributed by atoms with Gasteiger partial charge in [0.2, 0.25) is 0 Å². The smallest absolute Gasteiger partial charge is 0.0710 e. The molecule has 0 radical (unpaired) electrons. The van der Waals surface area contributed by atoms with Gasteiger partial charge in [0.15, 0.2) is 0 Å². The largest absolute Gasteiger partial charge is 0.399 e. The lowest BCUT2D eigenvalue weighted by atomic mass is 10.1. The van der Waals surface area contributed by atoms with Crippen LogP contribution >= 0.6 is 11.6 Å². The zero-order valence-corrected chi connectivity index (χ0v) is 11.3. The lowest BCUT2D eigenvalue weighted by Crippen LogP contribution is -1.91. The SMILES string of the molecule is Cc1cc(-c2ccc3cc(Cl)ccc3n2)ccc1N. The molecule has 1 heterocycles. The monoisotopic (exact) mass is 268 g/mol. The number of aromatic nitrogens is 1. The molecule has 0 aliphatic rings. The van der Waals surface area contributed by atoms with Gasteiger partial charge in [0.25, 0.3) is 0 Å². The van der Waals surface area contributed by atoms with Crippen LogP contribution in [0.3, 0.4) is 0 Å². The third kappa shape index (κ3) is 2.27. The number of halogens is 1. The van der Waals surface area contributed by atoms with Gasteiger partial charge in [0.05, 0.1) is 11.2 Å². The average molecular weight is 269 g/mol. The third-order valence-corrected chi connectivity index (χ3v) is 3.45. The summed E-state index contributed by atoms with van der Waals surface area (Å²) < 4.78 is 0. The fourth-order valence-electron chi connectivity index (χ4n) is 2.09. The van der Waals surface area contributed by atoms with E-state index in [4.69, 9.17) is 17.3 Å². The molecule has 3 rings (SSSR count). The maximum atomic E-state index is 5.97. The molecule has 0 unspecified atom stereocenters. The van der Waals surface area contributed by atoms with E-state index in [1.54, 1.807) is 0 Å². The summed E-state index contributed by atoms with van der Waals surface area (Å²) >= 11 is 5.97. The van der Waals surface area contributed by atoms with Crippen molar-refractivity contribution in [2.75, 3.05) is 5.73 Å². The average Bonchev–Trinajstić information content (AvgIpc) is 2.41. The molecule has 3 aromatic rings. The van der Waals surface area contributed by atoms with Gasteiger partial charge in [-0.25, -0.2) is 4.98 Å². The Hall–Kier alpha value is -2.06. The number of anilines is 1. The van der Waals surface area contributed by atoms with Crippen LogP contribution < -0.4 is 5.73 Å². The van der Waals surface area contributed by atoms with Crippen LogP contribution in [0.4, 0.5) is 5.69 Å². The Bertz CT molecular complexity index is 766. The van der Waals surface area contributed by atoms with Crippen molar-refractivity contribution in [1.82, 2.24) is 4.98 Å². The van der Waals surface area contributed by atoms with E-state index < -0.39 is 0 Å². The normalized spacial score (nSPS) is 10.8. The molecule has 0 saturated carbocycles. The summed E-state index contributed by atoms with van der Waals surface area (Å²) in [5.74, 6) is 0. The van der Waals surface area contributed by atoms with Crippen LogP contribution in [0.1, 0.15) is 5.56 Å². The molecule has 3 heteroatoms. The number of nitrogens with zero attached hydrogens (tertiary/aromatic N) is 1. The number of rotatable bonds is 1. The minimum Gasteiger partial charge on any atom is -0.399 e. The second kappa shape index (κ2) is 4.56. The summed E-state index contributed by atoms with van der Waals surface area (Å²) in [5, 5.41) is 1.77. The zero-order chi connectivity index (χ0) is 13.4. The predicted octanol–water partition coefficient (Wildman–Crippen LogP) is 4.45. The van der Waals surface area contributed by atoms with Gasteiger partial charge in [-0.15, -0.1) is 0 Å². The van der Waals surface area contributed by atoms with Crippen molar-refractivity contribution in [2.45, 2.75) is 6.92 Å². The highest BCUT2D eigenvalue weighted by Crippen LogP contribution is 2.25. The van der Waals surface area contributed by atoms with Crippen LogP contribution in [-0.2, 0) is 0 Å². The van der Waals surface area contributed by atoms with Crippen LogP contribution in [0.15, 0.2) is 48.5 Å². The third-order valence-electron chi connectivity index (χ3n) is 3.22. The van der Waals surface area contributed by atoms with Gasteiger partial charge in [0, 0.05) is 21.7 Å². The Morgan fingerprint density at radius 2 is 1.84 bits per heavy atom. The molecule has 2 nitrogen and oxygen atoms in total. The maximum Gasteiger partial charge on any atom is 0.0710 e. The molecule has 19 heavy (non-hydrogen) atoms. The first-order valence-electron chi connectivity index (χ1n) is 6.06. The number of hydrogen-bond acceptors (Lipinski definition) is 2. The first-order valence-corrected chi connectivity index (χ1v) is 6.44. The molecule has 1 aromatic heterocycles. The first-order chi connectivity index (χ1) is 9.13. The van der Waals surface area contributed by atoms with Crippen molar-refractivity contribution in [1.29, 1.82) is 0 Å². The summed E-state index contributed by atoms with van der Waals surface area (Å²) in [6.45, 7) is 2.00. The van der Waals surface area contributed by atoms with Gasteiger partial charge in [-0.2, -0.15) is 0 Å². The molecule has 0 fully saturated rings. The number of fused-ring (bicyclic) bond motifs is 1. The van der Waals surface area contributed by atoms with Crippen LogP contribution in [0.25, 0.3) is 22.2 Å². The molecule has 0 aliphatic heterocycles. The maximum absolute atomic E-state index is 5.97. The van der Waals surface area contributed by atoms with E-state index in [0.29, 0.717) is 0 Å². The summed E-state index contributed by atoms with van der Waals surface area (Å²) in [6.07, 6.45) is 0. The molecular formula is C16H13ClN2. The zero-order valence-electron chi connectivity index (χ0n) is 10.5. The standard InChI is InChI=1S/C16H13ClN2/c1-10-8-11(2-5-14(10)18)15-6-3-12-9-13(17)4-7-16(12)19-15/h2-9H,18H2,1H3. The van der Waals surface area contributed by atoms with Gasteiger partial charge in [-0.05, 0) is 48.9 Å². The number of aryl methyl sites for hydroxylation is 1. The van der Waals surface area contributed by atoms with Crippen molar-refractivity contribution in [3.63, 3.8) is 0 Å². The fourth-order valence-corrected chi connectivity index (χ4v) is 2.27. The van der Waals surface area contributed by atoms with E-state index >= 15 is 0 Å². The quantitative estimate of drug-likeness (QED) is 0.663. The number of pyridine rings is 1. The lowest BCUT2D eigenvalue weighted by Gasteiger charge is -2.06. The number of nitrogens with two attached hydrogens (primary N) is 1. The predicted molar refractivity (Wildman–Crippen MR) is 81.3 cm³/mol. The molecule has 0 saturated heterocycles. The Morgan fingerprint density at radius 3 is 2.63 bits per heavy atom. The van der Waals surface area contributed by atoms with E-state index in [0.717, 1.165) is 38.4 Å². The Kier molecular flexibility index (Phi) is 2.88. The van der Waals surface area contributed by atoms with Crippen LogP contribution in [-0.4, -0.2) is 4.98 Å². The van der Waals surface area contributed by atoms with Crippen molar-refractivity contribution in [3.05, 3.63) is 59.1 Å². The molecule has 0 bridgehead atoms. The number of nitrogen functional groups attached to an aromatic ring is 1. The summed E-state index contributed by atoms with van der Waals surface area (Å²) in [7, 11) is 0. The Balaban J connectivity index is 2.14. The fraction of sp³-hybridized carbons (Fsp3) is 0.0625. The Labute approximate surface area is 116 Å². The van der Waals surface area contributed by atoms with Crippen molar-refractivity contribution in [3.8, 4) is 11.3 Å². The minimum atomic E-state index is 0.727. The second-order valence-electron chi connectivity index (χ2n) is 4.60. The van der Waals surface area contributed by atoms with E-state index in [1.165, 1.54) is 0 Å². The van der Waals surface area contributed by atoms with Gasteiger partial charge in [-0.3, -0.25) is 0 Å². The molecule has 0 aliphatic carbocycles. The summed E-state index contributed by atoms with van der Waals surface area (Å²) in [4.78, 5) is 4.66. The van der Waals surface area contributed by atoms with E-state index in [1.807, 2.05) is 49.4 Å². The van der Waals surface area contributed by atoms with Crippen LogP contribution in [0, 0.1) is 6.92 Å². The molecular weight excluding hydrogens is 256 g/mol. The highest BCUT2D eigenvalue weighted by molar-refractivity contribution is 6.31. The number of benzene rings is 2. The van der Waals surface area contributed by atoms with E-state index in [2.05, 4.69) is 11.1 Å². The second-order valence-corrected chi connectivity index (χ2v) is 5.04. The highest BCUT2D eigenvalue weighted by Gasteiger charge is 2.03. The molecule has 0 amide bonds. The summed E-state index contributed by atoms with van der Waals surface area (Å²) in [5.41, 5.74) is 10.7. The lowest BCUT2D eigenvalue weighted by molar-refractivity contribution is 1.38. The van der Waals surface area contributed by atoms with Gasteiger partial charge < -0.3 is 5.73 Å². The Morgan fingerprint density at radius 1 is 1.00 bits per heavy atom. The minimum absolute atomic E-state index is 0.727. The van der Waals surface area contributed by atoms with Crippen LogP contribution in [0.2, 0.25) is 5.02 Å². The molecule has 2 N–H and O–H groups in total. The number of hydrogen-bond donors (Lipinski definition) is 1. The molecule has 2 aromatic carbocycles.